The monoisotopic (exact) mass is 501 g/mol. The third kappa shape index (κ3) is 3.33. The summed E-state index contributed by atoms with van der Waals surface area (Å²) in [6.45, 7) is 1.84. The van der Waals surface area contributed by atoms with Crippen molar-refractivity contribution in [2.75, 3.05) is 9.80 Å². The minimum Gasteiger partial charge on any atom is -0.277 e. The summed E-state index contributed by atoms with van der Waals surface area (Å²) in [6, 6.07) is 13.7. The van der Waals surface area contributed by atoms with Gasteiger partial charge in [0.1, 0.15) is 5.54 Å². The number of urea groups is 1. The van der Waals surface area contributed by atoms with E-state index in [1.807, 2.05) is 37.3 Å². The number of benzene rings is 2. The van der Waals surface area contributed by atoms with Crippen LogP contribution < -0.4 is 9.80 Å². The summed E-state index contributed by atoms with van der Waals surface area (Å²) >= 11 is 0. The van der Waals surface area contributed by atoms with Gasteiger partial charge in [0.2, 0.25) is 0 Å². The smallest absolute Gasteiger partial charge is 0.277 e. The fourth-order valence-electron chi connectivity index (χ4n) is 4.54. The third-order valence-corrected chi connectivity index (χ3v) is 7.96. The molecule has 2 heterocycles. The van der Waals surface area contributed by atoms with E-state index in [9.17, 15) is 31.2 Å². The van der Waals surface area contributed by atoms with Crippen molar-refractivity contribution in [3.05, 3.63) is 73.1 Å². The molecule has 2 fully saturated rings. The molecule has 2 aliphatic rings. The Morgan fingerprint density at radius 1 is 1.00 bits per heavy atom. The van der Waals surface area contributed by atoms with Gasteiger partial charge in [0.25, 0.3) is 15.7 Å². The molecule has 1 aromatic heterocycles. The highest BCUT2D eigenvalue weighted by atomic mass is 32.2. The molecule has 0 N–H and O–H groups in total. The highest BCUT2D eigenvalue weighted by molar-refractivity contribution is 7.92. The zero-order chi connectivity index (χ0) is 25.2. The second-order valence-corrected chi connectivity index (χ2v) is 10.4. The Labute approximate surface area is 198 Å². The number of hydrogen-bond acceptors (Lipinski definition) is 5. The molecule has 1 aliphatic heterocycles. The van der Waals surface area contributed by atoms with Crippen molar-refractivity contribution >= 4 is 33.2 Å². The number of aromatic nitrogens is 1. The van der Waals surface area contributed by atoms with Crippen LogP contribution in [0, 0.1) is 5.92 Å². The van der Waals surface area contributed by atoms with Crippen LogP contribution in [0.3, 0.4) is 0 Å². The molecule has 2 atom stereocenters. The molecule has 1 saturated carbocycles. The zero-order valence-corrected chi connectivity index (χ0v) is 19.0. The van der Waals surface area contributed by atoms with Gasteiger partial charge in [0, 0.05) is 18.0 Å². The highest BCUT2D eigenvalue weighted by Crippen LogP contribution is 2.56. The van der Waals surface area contributed by atoms with Crippen molar-refractivity contribution in [1.29, 1.82) is 0 Å². The molecule has 7 nitrogen and oxygen atoms in total. The lowest BCUT2D eigenvalue weighted by atomic mass is 10.0. The average molecular weight is 501 g/mol. The third-order valence-electron chi connectivity index (χ3n) is 6.46. The maximum absolute atomic E-state index is 13.7. The molecule has 1 spiro atoms. The van der Waals surface area contributed by atoms with Crippen molar-refractivity contribution in [1.82, 2.24) is 4.98 Å². The van der Waals surface area contributed by atoms with Crippen molar-refractivity contribution in [2.45, 2.75) is 29.3 Å². The van der Waals surface area contributed by atoms with Gasteiger partial charge in [-0.3, -0.25) is 14.7 Å². The lowest BCUT2D eigenvalue weighted by molar-refractivity contribution is -0.119. The van der Waals surface area contributed by atoms with Crippen LogP contribution in [0.2, 0.25) is 0 Å². The Morgan fingerprint density at radius 2 is 1.63 bits per heavy atom. The molecule has 0 radical (unpaired) electrons. The minimum atomic E-state index is -5.56. The Kier molecular flexibility index (Phi) is 5.03. The molecule has 5 rings (SSSR count). The largest absolute Gasteiger partial charge is 0.501 e. The summed E-state index contributed by atoms with van der Waals surface area (Å²) < 4.78 is 62.1. The average Bonchev–Trinajstić information content (AvgIpc) is 3.45. The first kappa shape index (κ1) is 23.0. The number of carbonyl (C=O) groups is 2. The van der Waals surface area contributed by atoms with Gasteiger partial charge >= 0.3 is 11.5 Å². The Balaban J connectivity index is 1.58. The summed E-state index contributed by atoms with van der Waals surface area (Å²) in [4.78, 5) is 32.7. The summed E-state index contributed by atoms with van der Waals surface area (Å²) in [5, 5.41) is 0. The van der Waals surface area contributed by atoms with Crippen LogP contribution in [0.1, 0.15) is 13.3 Å². The first-order valence-electron chi connectivity index (χ1n) is 10.6. The van der Waals surface area contributed by atoms with Gasteiger partial charge in [0.05, 0.1) is 16.3 Å². The van der Waals surface area contributed by atoms with Crippen molar-refractivity contribution in [2.24, 2.45) is 5.92 Å². The number of amides is 3. The van der Waals surface area contributed by atoms with Gasteiger partial charge in [0.15, 0.2) is 0 Å². The predicted octanol–water partition coefficient (Wildman–Crippen LogP) is 4.79. The van der Waals surface area contributed by atoms with Gasteiger partial charge in [-0.25, -0.2) is 18.1 Å². The molecule has 3 amide bonds. The molecule has 2 unspecified atom stereocenters. The van der Waals surface area contributed by atoms with Gasteiger partial charge in [-0.2, -0.15) is 13.2 Å². The molecule has 1 saturated heterocycles. The van der Waals surface area contributed by atoms with E-state index in [0.717, 1.165) is 34.7 Å². The fraction of sp³-hybridized carbons (Fsp3) is 0.208. The van der Waals surface area contributed by atoms with E-state index in [2.05, 4.69) is 4.98 Å². The first-order chi connectivity index (χ1) is 16.5. The van der Waals surface area contributed by atoms with Crippen LogP contribution in [0.4, 0.5) is 29.3 Å². The number of pyridine rings is 1. The van der Waals surface area contributed by atoms with Crippen molar-refractivity contribution in [3.63, 3.8) is 0 Å². The van der Waals surface area contributed by atoms with E-state index in [0.29, 0.717) is 17.7 Å². The van der Waals surface area contributed by atoms with Crippen LogP contribution in [-0.2, 0) is 14.6 Å². The number of carbonyl (C=O) groups excluding carboxylic acids is 2. The van der Waals surface area contributed by atoms with Crippen molar-refractivity contribution < 1.29 is 31.2 Å². The van der Waals surface area contributed by atoms with Gasteiger partial charge < -0.3 is 0 Å². The number of imide groups is 1. The van der Waals surface area contributed by atoms with E-state index in [1.165, 1.54) is 11.1 Å². The number of nitrogens with zero attached hydrogens (tertiary/aromatic N) is 3. The van der Waals surface area contributed by atoms with Crippen LogP contribution in [0.15, 0.2) is 78.0 Å². The van der Waals surface area contributed by atoms with E-state index in [1.54, 1.807) is 12.3 Å². The van der Waals surface area contributed by atoms with Crippen LogP contribution >= 0.6 is 0 Å². The molecular weight excluding hydrogens is 483 g/mol. The maximum atomic E-state index is 13.7. The second-order valence-electron chi connectivity index (χ2n) is 8.49. The molecule has 180 valence electrons. The van der Waals surface area contributed by atoms with E-state index in [4.69, 9.17) is 0 Å². The fourth-order valence-corrected chi connectivity index (χ4v) is 5.30. The molecular formula is C24H18F3N3O4S. The lowest BCUT2D eigenvalue weighted by Crippen LogP contribution is -2.39. The number of alkyl halides is 3. The van der Waals surface area contributed by atoms with Crippen molar-refractivity contribution in [3.8, 4) is 11.1 Å². The standard InChI is InChI=1S/C24H18F3N3O4S/c1-15-13-23(15)21(31)29(17-7-9-18(10-8-17)35(33,34)24(25,26)27)22(32)30(23)20-11-12-28-14-19(20)16-5-3-2-4-6-16/h2-12,14-15H,13H2,1H3. The van der Waals surface area contributed by atoms with Gasteiger partial charge in [-0.15, -0.1) is 0 Å². The molecule has 3 aromatic rings. The number of halogens is 3. The van der Waals surface area contributed by atoms with Gasteiger partial charge in [-0.1, -0.05) is 37.3 Å². The number of sulfone groups is 1. The van der Waals surface area contributed by atoms with Gasteiger partial charge in [-0.05, 0) is 48.2 Å². The predicted molar refractivity (Wildman–Crippen MR) is 121 cm³/mol. The molecule has 0 bridgehead atoms. The summed E-state index contributed by atoms with van der Waals surface area (Å²) in [7, 11) is -5.56. The van der Waals surface area contributed by atoms with E-state index >= 15 is 0 Å². The number of anilines is 2. The zero-order valence-electron chi connectivity index (χ0n) is 18.2. The molecule has 35 heavy (non-hydrogen) atoms. The molecule has 11 heteroatoms. The summed E-state index contributed by atoms with van der Waals surface area (Å²) in [6.07, 6.45) is 3.52. The minimum absolute atomic E-state index is 0.0163. The summed E-state index contributed by atoms with van der Waals surface area (Å²) in [5.41, 5.74) is -4.71. The topological polar surface area (TPSA) is 87.7 Å². The first-order valence-corrected chi connectivity index (χ1v) is 12.1. The van der Waals surface area contributed by atoms with Crippen LogP contribution in [0.25, 0.3) is 11.1 Å². The summed E-state index contributed by atoms with van der Waals surface area (Å²) in [5.74, 6) is -0.678. The Morgan fingerprint density at radius 3 is 2.20 bits per heavy atom. The Bertz CT molecular complexity index is 1440. The normalized spacial score (nSPS) is 22.2. The van der Waals surface area contributed by atoms with E-state index in [-0.39, 0.29) is 11.6 Å². The number of rotatable bonds is 4. The van der Waals surface area contributed by atoms with E-state index < -0.39 is 37.7 Å². The Hall–Kier alpha value is -3.73. The molecule has 1 aliphatic carbocycles. The number of hydrogen-bond donors (Lipinski definition) is 0. The highest BCUT2D eigenvalue weighted by Gasteiger charge is 2.70. The van der Waals surface area contributed by atoms with Crippen LogP contribution in [-0.4, -0.2) is 36.4 Å². The van der Waals surface area contributed by atoms with Crippen LogP contribution in [0.5, 0.6) is 0 Å². The maximum Gasteiger partial charge on any atom is 0.501 e. The lowest BCUT2D eigenvalue weighted by Gasteiger charge is -2.24. The quantitative estimate of drug-likeness (QED) is 0.480. The SMILES string of the molecule is CC1CC12C(=O)N(c1ccc(S(=O)(=O)C(F)(F)F)cc1)C(=O)N2c1ccncc1-c1ccccc1. The molecule has 2 aromatic carbocycles. The second kappa shape index (κ2) is 7.64.